The molecule has 164 valence electrons. The summed E-state index contributed by atoms with van der Waals surface area (Å²) in [6, 6.07) is 0. The molecule has 0 radical (unpaired) electrons. The first kappa shape index (κ1) is 23.6. The lowest BCUT2D eigenvalue weighted by atomic mass is 9.46. The maximum Gasteiger partial charge on any atom is 0.311 e. The molecule has 0 amide bonds. The van der Waals surface area contributed by atoms with Crippen LogP contribution in [-0.2, 0) is 28.7 Å². The number of carbonyl (C=O) groups is 4. The standard InChI is InChI=1S/C23H36O6/c1-14(2)20(26)15(13-19(25)28-5)12-16-17(24)8-9-18-22(16,3)10-7-11-23(18,4)21(27)29-6/h14-16,18H,7-13H2,1-6H3/t15-,16+,18-,22-,23-/m1/s1. The van der Waals surface area contributed by atoms with Gasteiger partial charge in [0.05, 0.1) is 26.1 Å². The summed E-state index contributed by atoms with van der Waals surface area (Å²) in [5, 5.41) is 0. The molecule has 0 aromatic heterocycles. The molecule has 29 heavy (non-hydrogen) atoms. The third-order valence-electron chi connectivity index (χ3n) is 7.62. The number of carbonyl (C=O) groups excluding carboxylic acids is 4. The van der Waals surface area contributed by atoms with Crippen molar-refractivity contribution in [2.75, 3.05) is 14.2 Å². The summed E-state index contributed by atoms with van der Waals surface area (Å²) in [7, 11) is 2.73. The largest absolute Gasteiger partial charge is 0.469 e. The Hall–Kier alpha value is -1.72. The van der Waals surface area contributed by atoms with Crippen LogP contribution in [0.1, 0.15) is 72.6 Å². The van der Waals surface area contributed by atoms with E-state index in [-0.39, 0.29) is 47.1 Å². The zero-order chi connectivity index (χ0) is 22.0. The molecule has 0 saturated heterocycles. The van der Waals surface area contributed by atoms with Crippen LogP contribution >= 0.6 is 0 Å². The van der Waals surface area contributed by atoms with Gasteiger partial charge >= 0.3 is 11.9 Å². The first-order valence-electron chi connectivity index (χ1n) is 10.7. The molecular weight excluding hydrogens is 372 g/mol. The van der Waals surface area contributed by atoms with Gasteiger partial charge < -0.3 is 9.47 Å². The predicted octanol–water partition coefficient (Wildman–Crippen LogP) is 3.75. The molecule has 0 bridgehead atoms. The van der Waals surface area contributed by atoms with Crippen molar-refractivity contribution in [1.29, 1.82) is 0 Å². The molecule has 6 heteroatoms. The van der Waals surface area contributed by atoms with Gasteiger partial charge in [-0.05, 0) is 43.9 Å². The van der Waals surface area contributed by atoms with Crippen LogP contribution in [0.2, 0.25) is 0 Å². The highest BCUT2D eigenvalue weighted by molar-refractivity contribution is 5.89. The van der Waals surface area contributed by atoms with Crippen LogP contribution < -0.4 is 0 Å². The second kappa shape index (κ2) is 8.97. The Morgan fingerprint density at radius 2 is 1.76 bits per heavy atom. The van der Waals surface area contributed by atoms with Crippen LogP contribution in [0.3, 0.4) is 0 Å². The Labute approximate surface area is 174 Å². The SMILES string of the molecule is COC(=O)C[C@@H](C[C@H]1C(=O)CC[C@@H]2[C@]1(C)CCC[C@@]2(C)C(=O)OC)C(=O)C(C)C. The molecule has 0 aromatic rings. The van der Waals surface area contributed by atoms with Gasteiger partial charge in [0.2, 0.25) is 0 Å². The quantitative estimate of drug-likeness (QED) is 0.596. The first-order valence-corrected chi connectivity index (χ1v) is 10.7. The zero-order valence-electron chi connectivity index (χ0n) is 18.7. The van der Waals surface area contributed by atoms with Gasteiger partial charge in [0, 0.05) is 24.2 Å². The summed E-state index contributed by atoms with van der Waals surface area (Å²) in [5.41, 5.74) is -1.01. The molecule has 0 heterocycles. The molecule has 2 aliphatic rings. The lowest BCUT2D eigenvalue weighted by Crippen LogP contribution is -2.56. The Kier molecular flexibility index (Phi) is 7.28. The molecule has 0 N–H and O–H groups in total. The fourth-order valence-corrected chi connectivity index (χ4v) is 6.03. The fourth-order valence-electron chi connectivity index (χ4n) is 6.03. The molecule has 2 saturated carbocycles. The van der Waals surface area contributed by atoms with E-state index in [1.54, 1.807) is 0 Å². The third kappa shape index (κ3) is 4.41. The summed E-state index contributed by atoms with van der Waals surface area (Å²) in [5.74, 6) is -1.61. The van der Waals surface area contributed by atoms with Crippen molar-refractivity contribution < 1.29 is 28.7 Å². The molecule has 2 fully saturated rings. The van der Waals surface area contributed by atoms with E-state index in [0.717, 1.165) is 19.3 Å². The van der Waals surface area contributed by atoms with Crippen LogP contribution in [0.5, 0.6) is 0 Å². The van der Waals surface area contributed by atoms with Crippen molar-refractivity contribution in [2.24, 2.45) is 34.5 Å². The number of hydrogen-bond acceptors (Lipinski definition) is 6. The first-order chi connectivity index (χ1) is 13.5. The van der Waals surface area contributed by atoms with E-state index in [1.807, 2.05) is 20.8 Å². The average Bonchev–Trinajstić information content (AvgIpc) is 2.67. The highest BCUT2D eigenvalue weighted by Gasteiger charge is 2.59. The highest BCUT2D eigenvalue weighted by atomic mass is 16.5. The van der Waals surface area contributed by atoms with Crippen LogP contribution in [0.15, 0.2) is 0 Å². The van der Waals surface area contributed by atoms with Gasteiger partial charge in [-0.1, -0.05) is 27.2 Å². The van der Waals surface area contributed by atoms with Crippen LogP contribution in [0.4, 0.5) is 0 Å². The normalized spacial score (nSPS) is 33.0. The molecule has 2 rings (SSSR count). The maximum atomic E-state index is 13.0. The minimum atomic E-state index is -0.624. The Morgan fingerprint density at radius 3 is 2.31 bits per heavy atom. The van der Waals surface area contributed by atoms with Crippen LogP contribution in [-0.4, -0.2) is 37.7 Å². The van der Waals surface area contributed by atoms with Gasteiger partial charge in [-0.2, -0.15) is 0 Å². The number of Topliss-reactive ketones (excluding diaryl/α,β-unsaturated/α-hetero) is 2. The summed E-state index contributed by atoms with van der Waals surface area (Å²) in [6.45, 7) is 7.68. The monoisotopic (exact) mass is 408 g/mol. The molecule has 2 aliphatic carbocycles. The van der Waals surface area contributed by atoms with Gasteiger partial charge in [-0.3, -0.25) is 19.2 Å². The Morgan fingerprint density at radius 1 is 1.10 bits per heavy atom. The van der Waals surface area contributed by atoms with Gasteiger partial charge in [0.25, 0.3) is 0 Å². The lowest BCUT2D eigenvalue weighted by Gasteiger charge is -2.56. The van der Waals surface area contributed by atoms with Crippen molar-refractivity contribution in [3.05, 3.63) is 0 Å². The molecular formula is C23H36O6. The van der Waals surface area contributed by atoms with E-state index in [4.69, 9.17) is 9.47 Å². The molecule has 0 unspecified atom stereocenters. The molecule has 0 spiro atoms. The van der Waals surface area contributed by atoms with Crippen LogP contribution in [0.25, 0.3) is 0 Å². The second-order valence-corrected chi connectivity index (χ2v) is 9.65. The van der Waals surface area contributed by atoms with Gasteiger partial charge in [0.15, 0.2) is 0 Å². The van der Waals surface area contributed by atoms with Gasteiger partial charge in [0.1, 0.15) is 11.6 Å². The number of esters is 2. The highest BCUT2D eigenvalue weighted by Crippen LogP contribution is 2.60. The third-order valence-corrected chi connectivity index (χ3v) is 7.62. The average molecular weight is 409 g/mol. The Balaban J connectivity index is 2.38. The molecule has 0 aliphatic heterocycles. The van der Waals surface area contributed by atoms with Crippen molar-refractivity contribution in [3.63, 3.8) is 0 Å². The number of ether oxygens (including phenoxy) is 2. The van der Waals surface area contributed by atoms with Gasteiger partial charge in [-0.25, -0.2) is 0 Å². The van der Waals surface area contributed by atoms with Gasteiger partial charge in [-0.15, -0.1) is 0 Å². The van der Waals surface area contributed by atoms with Crippen molar-refractivity contribution in [2.45, 2.75) is 72.6 Å². The van der Waals surface area contributed by atoms with E-state index in [0.29, 0.717) is 19.3 Å². The van der Waals surface area contributed by atoms with E-state index in [9.17, 15) is 19.2 Å². The van der Waals surface area contributed by atoms with Crippen LogP contribution in [0, 0.1) is 34.5 Å². The van der Waals surface area contributed by atoms with E-state index < -0.39 is 17.3 Å². The Bertz CT molecular complexity index is 668. The second-order valence-electron chi connectivity index (χ2n) is 9.65. The topological polar surface area (TPSA) is 86.7 Å². The summed E-state index contributed by atoms with van der Waals surface area (Å²) < 4.78 is 9.93. The number of ketones is 2. The lowest BCUT2D eigenvalue weighted by molar-refractivity contribution is -0.174. The number of rotatable bonds is 7. The van der Waals surface area contributed by atoms with Crippen molar-refractivity contribution in [3.8, 4) is 0 Å². The smallest absolute Gasteiger partial charge is 0.311 e. The summed E-state index contributed by atoms with van der Waals surface area (Å²) in [4.78, 5) is 50.5. The van der Waals surface area contributed by atoms with Crippen molar-refractivity contribution in [1.82, 2.24) is 0 Å². The molecule has 6 nitrogen and oxygen atoms in total. The zero-order valence-corrected chi connectivity index (χ0v) is 18.7. The number of fused-ring (bicyclic) bond motifs is 1. The fraction of sp³-hybridized carbons (Fsp3) is 0.826. The number of methoxy groups -OCH3 is 2. The number of hydrogen-bond donors (Lipinski definition) is 0. The predicted molar refractivity (Wildman–Crippen MR) is 108 cm³/mol. The molecule has 0 aromatic carbocycles. The molecule has 5 atom stereocenters. The van der Waals surface area contributed by atoms with E-state index in [2.05, 4.69) is 6.92 Å². The maximum absolute atomic E-state index is 13.0. The minimum Gasteiger partial charge on any atom is -0.469 e. The summed E-state index contributed by atoms with van der Waals surface area (Å²) >= 11 is 0. The van der Waals surface area contributed by atoms with Crippen molar-refractivity contribution >= 4 is 23.5 Å². The minimum absolute atomic E-state index is 0.00763. The van der Waals surface area contributed by atoms with E-state index >= 15 is 0 Å². The van der Waals surface area contributed by atoms with E-state index in [1.165, 1.54) is 14.2 Å². The summed E-state index contributed by atoms with van der Waals surface area (Å²) in [6.07, 6.45) is 3.82.